The topological polar surface area (TPSA) is 17.1 Å². The molecule has 0 radical (unpaired) electrons. The normalized spacial score (nSPS) is 40.6. The smallest absolute Gasteiger partial charge is 0.136 e. The maximum atomic E-state index is 11.3. The van der Waals surface area contributed by atoms with E-state index in [4.69, 9.17) is 0 Å². The van der Waals surface area contributed by atoms with Crippen molar-refractivity contribution < 1.29 is 4.79 Å². The average molecular weight is 178 g/mol. The quantitative estimate of drug-likeness (QED) is 0.564. The van der Waals surface area contributed by atoms with Gasteiger partial charge in [-0.2, -0.15) is 0 Å². The lowest BCUT2D eigenvalue weighted by Crippen LogP contribution is -2.16. The highest BCUT2D eigenvalue weighted by molar-refractivity contribution is 5.81. The van der Waals surface area contributed by atoms with Gasteiger partial charge >= 0.3 is 0 Å². The fourth-order valence-corrected chi connectivity index (χ4v) is 2.89. The lowest BCUT2D eigenvalue weighted by Gasteiger charge is -2.18. The highest BCUT2D eigenvalue weighted by Gasteiger charge is 2.58. The van der Waals surface area contributed by atoms with Crippen LogP contribution in [0.15, 0.2) is 11.6 Å². The summed E-state index contributed by atoms with van der Waals surface area (Å²) in [5.74, 6) is 2.09. The number of hydrogen-bond donors (Lipinski definition) is 0. The Kier molecular flexibility index (Phi) is 1.70. The molecule has 2 aliphatic carbocycles. The molecule has 2 aliphatic rings. The molecule has 0 amide bonds. The maximum Gasteiger partial charge on any atom is 0.136 e. The summed E-state index contributed by atoms with van der Waals surface area (Å²) in [5, 5.41) is 0. The molecule has 0 aliphatic heterocycles. The zero-order valence-electron chi connectivity index (χ0n) is 8.92. The molecule has 0 heterocycles. The number of carbonyl (C=O) groups is 1. The van der Waals surface area contributed by atoms with Gasteiger partial charge in [0.1, 0.15) is 5.78 Å². The number of ketones is 1. The molecule has 72 valence electrons. The van der Waals surface area contributed by atoms with Crippen molar-refractivity contribution in [3.8, 4) is 0 Å². The van der Waals surface area contributed by atoms with Gasteiger partial charge in [-0.3, -0.25) is 4.79 Å². The summed E-state index contributed by atoms with van der Waals surface area (Å²) in [6.07, 6.45) is 3.43. The van der Waals surface area contributed by atoms with Crippen LogP contribution < -0.4 is 0 Å². The van der Waals surface area contributed by atoms with Crippen LogP contribution in [0.2, 0.25) is 0 Å². The summed E-state index contributed by atoms with van der Waals surface area (Å²) < 4.78 is 0. The summed E-state index contributed by atoms with van der Waals surface area (Å²) in [6.45, 7) is 8.46. The van der Waals surface area contributed by atoms with E-state index < -0.39 is 0 Å². The average Bonchev–Trinajstić information content (AvgIpc) is 2.52. The minimum atomic E-state index is 0.225. The van der Waals surface area contributed by atoms with Crippen LogP contribution in [0, 0.1) is 23.2 Å². The van der Waals surface area contributed by atoms with E-state index in [1.165, 1.54) is 5.57 Å². The van der Waals surface area contributed by atoms with Crippen LogP contribution in [-0.4, -0.2) is 5.78 Å². The molecule has 1 fully saturated rings. The summed E-state index contributed by atoms with van der Waals surface area (Å²) >= 11 is 0. The molecule has 1 saturated carbocycles. The second kappa shape index (κ2) is 2.46. The second-order valence-electron chi connectivity index (χ2n) is 5.26. The molecule has 3 atom stereocenters. The van der Waals surface area contributed by atoms with E-state index in [9.17, 15) is 4.79 Å². The number of allylic oxidation sites excluding steroid dienone is 2. The van der Waals surface area contributed by atoms with Gasteiger partial charge in [-0.25, -0.2) is 0 Å². The minimum absolute atomic E-state index is 0.225. The molecule has 0 unspecified atom stereocenters. The van der Waals surface area contributed by atoms with Crippen LogP contribution in [-0.2, 0) is 4.79 Å². The molecule has 13 heavy (non-hydrogen) atoms. The first-order chi connectivity index (χ1) is 5.94. The Hall–Kier alpha value is -0.590. The summed E-state index contributed by atoms with van der Waals surface area (Å²) in [6, 6.07) is 0. The number of Topliss-reactive ketones (excluding diaryl/α,β-unsaturated/α-hetero) is 1. The van der Waals surface area contributed by atoms with Crippen molar-refractivity contribution in [2.75, 3.05) is 0 Å². The Labute approximate surface area is 80.2 Å². The standard InChI is InChI=1S/C12H18O/c1-7-5-10-11(12(10,3)4)6-9(7)8(2)13/h5,9-11H,6H2,1-4H3/t9-,10-,11+/m1/s1. The minimum Gasteiger partial charge on any atom is -0.299 e. The Bertz CT molecular complexity index is 285. The van der Waals surface area contributed by atoms with Crippen molar-refractivity contribution in [2.24, 2.45) is 23.2 Å². The van der Waals surface area contributed by atoms with Crippen LogP contribution in [0.4, 0.5) is 0 Å². The van der Waals surface area contributed by atoms with E-state index >= 15 is 0 Å². The molecule has 1 heteroatoms. The zero-order valence-corrected chi connectivity index (χ0v) is 8.92. The van der Waals surface area contributed by atoms with Gasteiger partial charge in [0.2, 0.25) is 0 Å². The van der Waals surface area contributed by atoms with Gasteiger partial charge in [0.25, 0.3) is 0 Å². The predicted molar refractivity (Wildman–Crippen MR) is 53.3 cm³/mol. The molecular weight excluding hydrogens is 160 g/mol. The van der Waals surface area contributed by atoms with E-state index in [0.29, 0.717) is 11.2 Å². The molecule has 2 rings (SSSR count). The molecule has 0 bridgehead atoms. The third-order valence-corrected chi connectivity index (χ3v) is 4.11. The van der Waals surface area contributed by atoms with Gasteiger partial charge < -0.3 is 0 Å². The van der Waals surface area contributed by atoms with Gasteiger partial charge in [-0.15, -0.1) is 0 Å². The zero-order chi connectivity index (χ0) is 9.80. The van der Waals surface area contributed by atoms with Crippen LogP contribution in [0.25, 0.3) is 0 Å². The van der Waals surface area contributed by atoms with Crippen molar-refractivity contribution in [3.05, 3.63) is 11.6 Å². The third kappa shape index (κ3) is 1.17. The molecule has 0 N–H and O–H groups in total. The largest absolute Gasteiger partial charge is 0.299 e. The molecule has 0 aromatic heterocycles. The van der Waals surface area contributed by atoms with Crippen LogP contribution in [0.1, 0.15) is 34.1 Å². The maximum absolute atomic E-state index is 11.3. The summed E-state index contributed by atoms with van der Waals surface area (Å²) in [7, 11) is 0. The van der Waals surface area contributed by atoms with Gasteiger partial charge in [-0.05, 0) is 37.5 Å². The van der Waals surface area contributed by atoms with Gasteiger partial charge in [-0.1, -0.05) is 25.5 Å². The Balaban J connectivity index is 2.21. The fraction of sp³-hybridized carbons (Fsp3) is 0.750. The molecule has 0 spiro atoms. The van der Waals surface area contributed by atoms with E-state index in [0.717, 1.165) is 18.3 Å². The number of rotatable bonds is 1. The molecule has 0 saturated heterocycles. The van der Waals surface area contributed by atoms with Gasteiger partial charge in [0, 0.05) is 5.92 Å². The van der Waals surface area contributed by atoms with Crippen LogP contribution >= 0.6 is 0 Å². The fourth-order valence-electron chi connectivity index (χ4n) is 2.89. The molecule has 1 nitrogen and oxygen atoms in total. The summed E-state index contributed by atoms with van der Waals surface area (Å²) in [4.78, 5) is 11.3. The highest BCUT2D eigenvalue weighted by atomic mass is 16.1. The van der Waals surface area contributed by atoms with Crippen molar-refractivity contribution >= 4 is 5.78 Å². The monoisotopic (exact) mass is 178 g/mol. The number of carbonyl (C=O) groups excluding carboxylic acids is 1. The van der Waals surface area contributed by atoms with Crippen molar-refractivity contribution in [2.45, 2.75) is 34.1 Å². The van der Waals surface area contributed by atoms with Crippen molar-refractivity contribution in [1.82, 2.24) is 0 Å². The second-order valence-corrected chi connectivity index (χ2v) is 5.26. The Morgan fingerprint density at radius 2 is 2.15 bits per heavy atom. The summed E-state index contributed by atoms with van der Waals surface area (Å²) in [5.41, 5.74) is 1.77. The first-order valence-electron chi connectivity index (χ1n) is 5.13. The predicted octanol–water partition coefficient (Wildman–Crippen LogP) is 2.81. The lowest BCUT2D eigenvalue weighted by molar-refractivity contribution is -0.120. The SMILES string of the molecule is CC(=O)[C@@H]1C[C@H]2[C@@H](C=C1C)C2(C)C. The van der Waals surface area contributed by atoms with E-state index in [1.54, 1.807) is 6.92 Å². The molecule has 0 aromatic carbocycles. The Morgan fingerprint density at radius 1 is 1.54 bits per heavy atom. The van der Waals surface area contributed by atoms with Gasteiger partial charge in [0.05, 0.1) is 0 Å². The first-order valence-corrected chi connectivity index (χ1v) is 5.13. The molecular formula is C12H18O. The number of fused-ring (bicyclic) bond motifs is 1. The van der Waals surface area contributed by atoms with E-state index in [1.807, 2.05) is 0 Å². The van der Waals surface area contributed by atoms with Crippen LogP contribution in [0.5, 0.6) is 0 Å². The lowest BCUT2D eigenvalue weighted by atomic mass is 9.86. The van der Waals surface area contributed by atoms with Crippen molar-refractivity contribution in [1.29, 1.82) is 0 Å². The Morgan fingerprint density at radius 3 is 2.69 bits per heavy atom. The molecule has 0 aromatic rings. The highest BCUT2D eigenvalue weighted by Crippen LogP contribution is 2.64. The van der Waals surface area contributed by atoms with Gasteiger partial charge in [0.15, 0.2) is 0 Å². The van der Waals surface area contributed by atoms with Crippen molar-refractivity contribution in [3.63, 3.8) is 0 Å². The first kappa shape index (κ1) is 8.98. The van der Waals surface area contributed by atoms with E-state index in [-0.39, 0.29) is 5.92 Å². The van der Waals surface area contributed by atoms with Crippen LogP contribution in [0.3, 0.4) is 0 Å². The number of hydrogen-bond acceptors (Lipinski definition) is 1. The van der Waals surface area contributed by atoms with E-state index in [2.05, 4.69) is 26.8 Å². The third-order valence-electron chi connectivity index (χ3n) is 4.11.